The Morgan fingerprint density at radius 2 is 1.74 bits per heavy atom. The Bertz CT molecular complexity index is 1570. The summed E-state index contributed by atoms with van der Waals surface area (Å²) >= 11 is 1.29. The molecular formula is C26H23N5O2S. The summed E-state index contributed by atoms with van der Waals surface area (Å²) in [6, 6.07) is 23.1. The summed E-state index contributed by atoms with van der Waals surface area (Å²) in [4.78, 5) is 25.9. The summed E-state index contributed by atoms with van der Waals surface area (Å²) in [5.74, 6) is 0.482. The highest BCUT2D eigenvalue weighted by molar-refractivity contribution is 7.99. The molecule has 0 spiro atoms. The van der Waals surface area contributed by atoms with E-state index in [1.807, 2.05) is 91.0 Å². The van der Waals surface area contributed by atoms with Crippen molar-refractivity contribution in [2.24, 2.45) is 0 Å². The van der Waals surface area contributed by atoms with Crippen molar-refractivity contribution >= 4 is 40.0 Å². The molecule has 2 aromatic heterocycles. The molecule has 3 aromatic carbocycles. The van der Waals surface area contributed by atoms with Crippen molar-refractivity contribution in [3.8, 4) is 0 Å². The Kier molecular flexibility index (Phi) is 5.90. The van der Waals surface area contributed by atoms with E-state index >= 15 is 0 Å². The summed E-state index contributed by atoms with van der Waals surface area (Å²) in [7, 11) is 0. The van der Waals surface area contributed by atoms with E-state index in [-0.39, 0.29) is 17.2 Å². The van der Waals surface area contributed by atoms with Crippen LogP contribution in [0.4, 0.5) is 5.69 Å². The number of nitrogens with zero attached hydrogens (tertiary/aromatic N) is 4. The molecule has 2 heterocycles. The van der Waals surface area contributed by atoms with Crippen LogP contribution in [0.25, 0.3) is 16.7 Å². The largest absolute Gasteiger partial charge is 0.325 e. The van der Waals surface area contributed by atoms with E-state index in [1.165, 1.54) is 11.8 Å². The lowest BCUT2D eigenvalue weighted by Gasteiger charge is -2.11. The Balaban J connectivity index is 1.50. The van der Waals surface area contributed by atoms with Gasteiger partial charge >= 0.3 is 0 Å². The average Bonchev–Trinajstić information content (AvgIpc) is 3.26. The van der Waals surface area contributed by atoms with Crippen LogP contribution in [-0.4, -0.2) is 30.8 Å². The predicted octanol–water partition coefficient (Wildman–Crippen LogP) is 4.44. The van der Waals surface area contributed by atoms with Gasteiger partial charge < -0.3 is 5.32 Å². The molecule has 1 amide bonds. The molecule has 0 aliphatic heterocycles. The number of rotatable bonds is 6. The zero-order valence-electron chi connectivity index (χ0n) is 18.9. The number of hydrogen-bond acceptors (Lipinski definition) is 5. The minimum absolute atomic E-state index is 0.121. The molecule has 0 aliphatic rings. The van der Waals surface area contributed by atoms with E-state index in [9.17, 15) is 9.59 Å². The summed E-state index contributed by atoms with van der Waals surface area (Å²) in [6.45, 7) is 4.39. The molecule has 0 bridgehead atoms. The smallest absolute Gasteiger partial charge is 0.263 e. The monoisotopic (exact) mass is 469 g/mol. The van der Waals surface area contributed by atoms with Gasteiger partial charge in [0, 0.05) is 5.69 Å². The van der Waals surface area contributed by atoms with E-state index in [1.54, 1.807) is 4.57 Å². The minimum Gasteiger partial charge on any atom is -0.325 e. The number of amides is 1. The van der Waals surface area contributed by atoms with Crippen molar-refractivity contribution in [1.82, 2.24) is 19.2 Å². The number of carbonyl (C=O) groups excluding carboxylic acids is 1. The van der Waals surface area contributed by atoms with Gasteiger partial charge in [-0.3, -0.25) is 18.6 Å². The number of aryl methyl sites for hydroxylation is 2. The molecule has 0 saturated carbocycles. The van der Waals surface area contributed by atoms with Gasteiger partial charge in [0.15, 0.2) is 5.16 Å². The second-order valence-electron chi connectivity index (χ2n) is 8.22. The van der Waals surface area contributed by atoms with Crippen LogP contribution in [0.1, 0.15) is 16.7 Å². The molecular weight excluding hydrogens is 446 g/mol. The summed E-state index contributed by atoms with van der Waals surface area (Å²) in [5, 5.41) is 12.7. The summed E-state index contributed by atoms with van der Waals surface area (Å²) in [5.41, 5.74) is 4.59. The average molecular weight is 470 g/mol. The second-order valence-corrected chi connectivity index (χ2v) is 9.16. The van der Waals surface area contributed by atoms with Gasteiger partial charge in [-0.1, -0.05) is 65.9 Å². The van der Waals surface area contributed by atoms with Crippen molar-refractivity contribution in [2.45, 2.75) is 25.5 Å². The molecule has 34 heavy (non-hydrogen) atoms. The molecule has 170 valence electrons. The zero-order chi connectivity index (χ0) is 23.7. The molecule has 0 unspecified atom stereocenters. The standard InChI is InChI=1S/C26H23N5O2S/c1-17-10-12-19(13-11-17)15-30-24(33)21-8-3-4-9-22(21)31-25(30)28-29-26(31)34-16-23(32)27-20-7-5-6-18(2)14-20/h3-14H,15-16H2,1-2H3,(H,27,32). The number of hydrogen-bond donors (Lipinski definition) is 1. The van der Waals surface area contributed by atoms with Crippen LogP contribution >= 0.6 is 11.8 Å². The van der Waals surface area contributed by atoms with Crippen LogP contribution in [0.2, 0.25) is 0 Å². The van der Waals surface area contributed by atoms with Gasteiger partial charge in [0.1, 0.15) is 0 Å². The normalized spacial score (nSPS) is 11.2. The van der Waals surface area contributed by atoms with Crippen molar-refractivity contribution in [3.63, 3.8) is 0 Å². The van der Waals surface area contributed by atoms with Crippen molar-refractivity contribution in [3.05, 3.63) is 99.8 Å². The lowest BCUT2D eigenvalue weighted by molar-refractivity contribution is -0.113. The third-order valence-corrected chi connectivity index (χ3v) is 6.50. The van der Waals surface area contributed by atoms with Crippen LogP contribution in [0.3, 0.4) is 0 Å². The first kappa shape index (κ1) is 21.9. The van der Waals surface area contributed by atoms with Crippen LogP contribution in [0, 0.1) is 13.8 Å². The molecule has 8 heteroatoms. The fourth-order valence-corrected chi connectivity index (χ4v) is 4.64. The van der Waals surface area contributed by atoms with Gasteiger partial charge in [0.2, 0.25) is 11.7 Å². The van der Waals surface area contributed by atoms with Crippen molar-refractivity contribution in [2.75, 3.05) is 11.1 Å². The highest BCUT2D eigenvalue weighted by Crippen LogP contribution is 2.22. The van der Waals surface area contributed by atoms with E-state index in [2.05, 4.69) is 15.5 Å². The third kappa shape index (κ3) is 4.32. The van der Waals surface area contributed by atoms with Crippen LogP contribution in [-0.2, 0) is 11.3 Å². The molecule has 0 fully saturated rings. The van der Waals surface area contributed by atoms with E-state index in [0.717, 1.165) is 22.4 Å². The van der Waals surface area contributed by atoms with Crippen LogP contribution < -0.4 is 10.9 Å². The Morgan fingerprint density at radius 3 is 2.53 bits per heavy atom. The van der Waals surface area contributed by atoms with Crippen molar-refractivity contribution < 1.29 is 4.79 Å². The highest BCUT2D eigenvalue weighted by atomic mass is 32.2. The number of nitrogens with one attached hydrogen (secondary N) is 1. The number of thioether (sulfide) groups is 1. The predicted molar refractivity (Wildman–Crippen MR) is 136 cm³/mol. The maximum Gasteiger partial charge on any atom is 0.263 e. The Hall–Kier alpha value is -3.91. The van der Waals surface area contributed by atoms with Gasteiger partial charge in [0.25, 0.3) is 5.56 Å². The van der Waals surface area contributed by atoms with Crippen LogP contribution in [0.15, 0.2) is 82.7 Å². The lowest BCUT2D eigenvalue weighted by Crippen LogP contribution is -2.24. The molecule has 7 nitrogen and oxygen atoms in total. The van der Waals surface area contributed by atoms with Crippen molar-refractivity contribution in [1.29, 1.82) is 0 Å². The molecule has 5 rings (SSSR count). The number of carbonyl (C=O) groups is 1. The zero-order valence-corrected chi connectivity index (χ0v) is 19.7. The number of para-hydroxylation sites is 1. The summed E-state index contributed by atoms with van der Waals surface area (Å²) in [6.07, 6.45) is 0. The third-order valence-electron chi connectivity index (χ3n) is 5.57. The van der Waals surface area contributed by atoms with Crippen LogP contribution in [0.5, 0.6) is 0 Å². The number of aromatic nitrogens is 4. The van der Waals surface area contributed by atoms with Gasteiger partial charge in [-0.15, -0.1) is 10.2 Å². The van der Waals surface area contributed by atoms with Gasteiger partial charge in [0.05, 0.1) is 23.2 Å². The maximum absolute atomic E-state index is 13.3. The van der Waals surface area contributed by atoms with Gasteiger partial charge in [-0.2, -0.15) is 0 Å². The molecule has 5 aromatic rings. The summed E-state index contributed by atoms with van der Waals surface area (Å²) < 4.78 is 3.49. The first-order chi connectivity index (χ1) is 16.5. The molecule has 0 aliphatic carbocycles. The first-order valence-corrected chi connectivity index (χ1v) is 11.9. The molecule has 0 saturated heterocycles. The quantitative estimate of drug-likeness (QED) is 0.372. The van der Waals surface area contributed by atoms with E-state index < -0.39 is 0 Å². The maximum atomic E-state index is 13.3. The topological polar surface area (TPSA) is 81.3 Å². The second kappa shape index (κ2) is 9.15. The lowest BCUT2D eigenvalue weighted by atomic mass is 10.1. The molecule has 1 N–H and O–H groups in total. The number of anilines is 1. The first-order valence-electron chi connectivity index (χ1n) is 10.9. The fraction of sp³-hybridized carbons (Fsp3) is 0.154. The molecule has 0 radical (unpaired) electrons. The molecule has 0 atom stereocenters. The number of fused-ring (bicyclic) bond motifs is 3. The Labute approximate surface area is 200 Å². The number of benzene rings is 3. The van der Waals surface area contributed by atoms with E-state index in [4.69, 9.17) is 0 Å². The van der Waals surface area contributed by atoms with Gasteiger partial charge in [-0.25, -0.2) is 0 Å². The minimum atomic E-state index is -0.135. The van der Waals surface area contributed by atoms with Gasteiger partial charge in [-0.05, 0) is 49.2 Å². The Morgan fingerprint density at radius 1 is 0.941 bits per heavy atom. The van der Waals surface area contributed by atoms with E-state index in [0.29, 0.717) is 28.4 Å². The highest BCUT2D eigenvalue weighted by Gasteiger charge is 2.18. The SMILES string of the molecule is Cc1ccc(Cn2c(=O)c3ccccc3n3c(SCC(=O)Nc4cccc(C)c4)nnc23)cc1. The fourth-order valence-electron chi connectivity index (χ4n) is 3.90.